The Bertz CT molecular complexity index is 572. The van der Waals surface area contributed by atoms with Crippen molar-refractivity contribution < 1.29 is 9.90 Å². The van der Waals surface area contributed by atoms with Crippen molar-refractivity contribution in [1.82, 2.24) is 9.38 Å². The quantitative estimate of drug-likeness (QED) is 0.876. The van der Waals surface area contributed by atoms with Gasteiger partial charge in [0.25, 0.3) is 0 Å². The first kappa shape index (κ1) is 11.4. The molecule has 0 aromatic carbocycles. The molecule has 0 aliphatic carbocycles. The van der Waals surface area contributed by atoms with E-state index in [0.29, 0.717) is 11.9 Å². The molecule has 0 bridgehead atoms. The molecule has 90 valence electrons. The van der Waals surface area contributed by atoms with Crippen LogP contribution in [0.25, 0.3) is 5.52 Å². The van der Waals surface area contributed by atoms with E-state index in [0.717, 1.165) is 11.5 Å². The molecule has 2 aromatic heterocycles. The molecule has 2 rings (SSSR count). The summed E-state index contributed by atoms with van der Waals surface area (Å²) in [6.07, 6.45) is 2.57. The normalized spacial score (nSPS) is 10.8. The van der Waals surface area contributed by atoms with Crippen LogP contribution in [0.3, 0.4) is 0 Å². The number of pyridine rings is 1. The number of rotatable bonds is 3. The zero-order valence-electron chi connectivity index (χ0n) is 10.1. The van der Waals surface area contributed by atoms with Gasteiger partial charge in [0.1, 0.15) is 5.82 Å². The Morgan fingerprint density at radius 3 is 2.76 bits per heavy atom. The van der Waals surface area contributed by atoms with Crippen LogP contribution in [-0.2, 0) is 6.42 Å². The fraction of sp³-hybridized carbons (Fsp3) is 0.333. The highest BCUT2D eigenvalue weighted by molar-refractivity contribution is 5.94. The average molecular weight is 233 g/mol. The van der Waals surface area contributed by atoms with Crippen LogP contribution in [-0.4, -0.2) is 34.6 Å². The van der Waals surface area contributed by atoms with Crippen LogP contribution in [0.15, 0.2) is 18.3 Å². The number of aromatic carboxylic acids is 1. The van der Waals surface area contributed by atoms with Crippen molar-refractivity contribution in [2.75, 3.05) is 19.0 Å². The summed E-state index contributed by atoms with van der Waals surface area (Å²) in [5.41, 5.74) is 1.72. The summed E-state index contributed by atoms with van der Waals surface area (Å²) in [7, 11) is 3.84. The monoisotopic (exact) mass is 233 g/mol. The fourth-order valence-electron chi connectivity index (χ4n) is 1.82. The number of carboxylic acid groups (broad SMARTS) is 1. The van der Waals surface area contributed by atoms with Crippen LogP contribution in [0.5, 0.6) is 0 Å². The topological polar surface area (TPSA) is 57.8 Å². The van der Waals surface area contributed by atoms with Crippen LogP contribution < -0.4 is 4.90 Å². The molecule has 2 heterocycles. The molecule has 0 unspecified atom stereocenters. The Kier molecular flexibility index (Phi) is 2.75. The molecule has 5 nitrogen and oxygen atoms in total. The maximum atomic E-state index is 11.1. The highest BCUT2D eigenvalue weighted by Gasteiger charge is 2.16. The maximum absolute atomic E-state index is 11.1. The molecule has 0 saturated carbocycles. The van der Waals surface area contributed by atoms with Crippen molar-refractivity contribution >= 4 is 17.2 Å². The van der Waals surface area contributed by atoms with Gasteiger partial charge in [0.2, 0.25) is 0 Å². The third kappa shape index (κ3) is 1.84. The molecule has 0 aliphatic heterocycles. The average Bonchev–Trinajstić information content (AvgIpc) is 2.66. The third-order valence-corrected chi connectivity index (χ3v) is 2.74. The van der Waals surface area contributed by atoms with Crippen molar-refractivity contribution in [3.05, 3.63) is 29.8 Å². The van der Waals surface area contributed by atoms with Crippen molar-refractivity contribution in [2.24, 2.45) is 0 Å². The zero-order valence-corrected chi connectivity index (χ0v) is 10.1. The number of hydrogen-bond acceptors (Lipinski definition) is 3. The van der Waals surface area contributed by atoms with Gasteiger partial charge in [-0.1, -0.05) is 6.92 Å². The lowest BCUT2D eigenvalue weighted by Crippen LogP contribution is -2.09. The van der Waals surface area contributed by atoms with Gasteiger partial charge in [-0.15, -0.1) is 0 Å². The van der Waals surface area contributed by atoms with Gasteiger partial charge in [-0.3, -0.25) is 0 Å². The van der Waals surface area contributed by atoms with E-state index in [-0.39, 0.29) is 5.69 Å². The zero-order chi connectivity index (χ0) is 12.6. The summed E-state index contributed by atoms with van der Waals surface area (Å²) < 4.78 is 1.83. The van der Waals surface area contributed by atoms with Gasteiger partial charge in [-0.2, -0.15) is 0 Å². The Balaban J connectivity index is 2.73. The highest BCUT2D eigenvalue weighted by Crippen LogP contribution is 2.20. The van der Waals surface area contributed by atoms with E-state index in [1.807, 2.05) is 48.6 Å². The van der Waals surface area contributed by atoms with E-state index in [1.54, 1.807) is 0 Å². The SMILES string of the molecule is CCc1nc(C(=O)O)c2cc(N(C)C)ccn12. The standard InChI is InChI=1S/C12H15N3O2/c1-4-10-13-11(12(16)17)9-7-8(14(2)3)5-6-15(9)10/h5-7H,4H2,1-3H3,(H,16,17). The summed E-state index contributed by atoms with van der Waals surface area (Å²) in [6.45, 7) is 1.96. The van der Waals surface area contributed by atoms with E-state index >= 15 is 0 Å². The summed E-state index contributed by atoms with van der Waals surface area (Å²) >= 11 is 0. The number of aromatic nitrogens is 2. The van der Waals surface area contributed by atoms with Gasteiger partial charge < -0.3 is 14.4 Å². The number of hydrogen-bond donors (Lipinski definition) is 1. The minimum atomic E-state index is -0.988. The van der Waals surface area contributed by atoms with Crippen LogP contribution in [0.2, 0.25) is 0 Å². The number of carboxylic acids is 1. The number of carbonyl (C=O) groups is 1. The number of aryl methyl sites for hydroxylation is 1. The van der Waals surface area contributed by atoms with Gasteiger partial charge in [-0.25, -0.2) is 9.78 Å². The minimum Gasteiger partial charge on any atom is -0.476 e. The van der Waals surface area contributed by atoms with Gasteiger partial charge in [0.15, 0.2) is 5.69 Å². The summed E-state index contributed by atoms with van der Waals surface area (Å²) in [5.74, 6) is -0.221. The summed E-state index contributed by atoms with van der Waals surface area (Å²) in [6, 6.07) is 3.79. The highest BCUT2D eigenvalue weighted by atomic mass is 16.4. The van der Waals surface area contributed by atoms with Crippen LogP contribution in [0.4, 0.5) is 5.69 Å². The minimum absolute atomic E-state index is 0.116. The van der Waals surface area contributed by atoms with E-state index in [9.17, 15) is 4.79 Å². The molecule has 1 N–H and O–H groups in total. The lowest BCUT2D eigenvalue weighted by molar-refractivity contribution is 0.0693. The van der Waals surface area contributed by atoms with E-state index in [1.165, 1.54) is 0 Å². The molecule has 2 aromatic rings. The molecule has 0 amide bonds. The first-order valence-corrected chi connectivity index (χ1v) is 5.46. The largest absolute Gasteiger partial charge is 0.476 e. The van der Waals surface area contributed by atoms with Crippen LogP contribution in [0, 0.1) is 0 Å². The van der Waals surface area contributed by atoms with Gasteiger partial charge in [0, 0.05) is 32.4 Å². The van der Waals surface area contributed by atoms with Crippen molar-refractivity contribution in [1.29, 1.82) is 0 Å². The number of fused-ring (bicyclic) bond motifs is 1. The van der Waals surface area contributed by atoms with Crippen LogP contribution in [0.1, 0.15) is 23.2 Å². The predicted octanol–water partition coefficient (Wildman–Crippen LogP) is 1.66. The third-order valence-electron chi connectivity index (χ3n) is 2.74. The van der Waals surface area contributed by atoms with E-state index in [2.05, 4.69) is 4.98 Å². The van der Waals surface area contributed by atoms with Crippen molar-refractivity contribution in [2.45, 2.75) is 13.3 Å². The number of nitrogens with zero attached hydrogens (tertiary/aromatic N) is 3. The van der Waals surface area contributed by atoms with Crippen LogP contribution >= 0.6 is 0 Å². The molecular weight excluding hydrogens is 218 g/mol. The molecule has 0 atom stereocenters. The Hall–Kier alpha value is -2.04. The molecule has 0 fully saturated rings. The lowest BCUT2D eigenvalue weighted by Gasteiger charge is -2.12. The maximum Gasteiger partial charge on any atom is 0.356 e. The van der Waals surface area contributed by atoms with Gasteiger partial charge in [-0.05, 0) is 12.1 Å². The first-order valence-electron chi connectivity index (χ1n) is 5.46. The van der Waals surface area contributed by atoms with Gasteiger partial charge >= 0.3 is 5.97 Å². The Morgan fingerprint density at radius 1 is 1.53 bits per heavy atom. The van der Waals surface area contributed by atoms with Gasteiger partial charge in [0.05, 0.1) is 5.52 Å². The molecule has 0 saturated heterocycles. The summed E-state index contributed by atoms with van der Waals surface area (Å²) in [4.78, 5) is 17.2. The Labute approximate surface area is 99.3 Å². The molecule has 17 heavy (non-hydrogen) atoms. The molecule has 5 heteroatoms. The smallest absolute Gasteiger partial charge is 0.356 e. The molecular formula is C12H15N3O2. The summed E-state index contributed by atoms with van der Waals surface area (Å²) in [5, 5.41) is 9.13. The van der Waals surface area contributed by atoms with E-state index in [4.69, 9.17) is 5.11 Å². The molecule has 0 spiro atoms. The Morgan fingerprint density at radius 2 is 2.24 bits per heavy atom. The second-order valence-electron chi connectivity index (χ2n) is 4.07. The predicted molar refractivity (Wildman–Crippen MR) is 65.9 cm³/mol. The van der Waals surface area contributed by atoms with Crippen molar-refractivity contribution in [3.8, 4) is 0 Å². The van der Waals surface area contributed by atoms with E-state index < -0.39 is 5.97 Å². The fourth-order valence-corrected chi connectivity index (χ4v) is 1.82. The molecule has 0 aliphatic rings. The number of anilines is 1. The lowest BCUT2D eigenvalue weighted by atomic mass is 10.3. The number of imidazole rings is 1. The molecule has 0 radical (unpaired) electrons. The second kappa shape index (κ2) is 4.08. The first-order chi connectivity index (χ1) is 8.04. The second-order valence-corrected chi connectivity index (χ2v) is 4.07. The van der Waals surface area contributed by atoms with Crippen molar-refractivity contribution in [3.63, 3.8) is 0 Å².